The third kappa shape index (κ3) is 2.23. The van der Waals surface area contributed by atoms with Gasteiger partial charge in [-0.25, -0.2) is 14.5 Å². The molecule has 118 valence electrons. The summed E-state index contributed by atoms with van der Waals surface area (Å²) in [5, 5.41) is 11.5. The number of rotatable bonds is 2. The number of nitriles is 1. The van der Waals surface area contributed by atoms with Crippen LogP contribution < -0.4 is 5.32 Å². The van der Waals surface area contributed by atoms with Gasteiger partial charge in [0.25, 0.3) is 5.91 Å². The number of imide groups is 1. The summed E-state index contributed by atoms with van der Waals surface area (Å²) in [6.07, 6.45) is -0.0311. The molecular weight excluding hydrogens is 298 g/mol. The second-order valence-corrected chi connectivity index (χ2v) is 5.92. The second kappa shape index (κ2) is 5.09. The zero-order valence-electron chi connectivity index (χ0n) is 12.7. The second-order valence-electron chi connectivity index (χ2n) is 5.92. The fraction of sp³-hybridized carbons (Fsp3) is 0.375. The monoisotopic (exact) mass is 313 g/mol. The van der Waals surface area contributed by atoms with E-state index in [0.29, 0.717) is 17.5 Å². The quantitative estimate of drug-likeness (QED) is 0.649. The smallest absolute Gasteiger partial charge is 0.329 e. The van der Waals surface area contributed by atoms with Crippen LogP contribution in [0.1, 0.15) is 31.4 Å². The molecular formula is C16H15N3O4. The molecule has 2 aliphatic rings. The summed E-state index contributed by atoms with van der Waals surface area (Å²) in [6, 6.07) is 6.89. The Labute approximate surface area is 132 Å². The molecule has 1 aromatic carbocycles. The van der Waals surface area contributed by atoms with E-state index in [-0.39, 0.29) is 6.10 Å². The summed E-state index contributed by atoms with van der Waals surface area (Å²) < 4.78 is 5.04. The van der Waals surface area contributed by atoms with Crippen LogP contribution in [0.15, 0.2) is 24.3 Å². The van der Waals surface area contributed by atoms with Crippen molar-refractivity contribution in [3.05, 3.63) is 35.4 Å². The molecule has 0 unspecified atom stereocenters. The molecule has 0 bridgehead atoms. The van der Waals surface area contributed by atoms with Crippen LogP contribution in [-0.2, 0) is 19.9 Å². The molecule has 7 nitrogen and oxygen atoms in total. The molecule has 2 aliphatic heterocycles. The first-order valence-corrected chi connectivity index (χ1v) is 7.24. The average Bonchev–Trinajstić information content (AvgIpc) is 2.96. The Morgan fingerprint density at radius 1 is 1.30 bits per heavy atom. The molecule has 2 heterocycles. The van der Waals surface area contributed by atoms with E-state index in [4.69, 9.17) is 10.00 Å². The summed E-state index contributed by atoms with van der Waals surface area (Å²) in [4.78, 5) is 37.9. The standard InChI is InChI=1S/C16H15N3O4/c1-9-7-12(13(20)23-9)19-14(21)16(2,18-15(19)22)11-5-3-10(8-17)4-6-11/h3-6,9,12H,7H2,1-2H3,(H,18,22)/t9-,12+,16-/m1/s1. The van der Waals surface area contributed by atoms with Gasteiger partial charge in [0.15, 0.2) is 0 Å². The van der Waals surface area contributed by atoms with Gasteiger partial charge in [-0.05, 0) is 31.5 Å². The van der Waals surface area contributed by atoms with Crippen molar-refractivity contribution in [2.75, 3.05) is 0 Å². The molecule has 2 saturated heterocycles. The van der Waals surface area contributed by atoms with Crippen molar-refractivity contribution < 1.29 is 19.1 Å². The minimum absolute atomic E-state index is 0.293. The zero-order chi connectivity index (χ0) is 16.8. The summed E-state index contributed by atoms with van der Waals surface area (Å²) in [5.74, 6) is -1.06. The van der Waals surface area contributed by atoms with E-state index in [0.717, 1.165) is 4.90 Å². The predicted octanol–water partition coefficient (Wildman–Crippen LogP) is 1.03. The molecule has 0 aromatic heterocycles. The van der Waals surface area contributed by atoms with Crippen LogP contribution in [0.5, 0.6) is 0 Å². The Hall–Kier alpha value is -2.88. The van der Waals surface area contributed by atoms with Crippen molar-refractivity contribution >= 4 is 17.9 Å². The summed E-state index contributed by atoms with van der Waals surface area (Å²) >= 11 is 0. The van der Waals surface area contributed by atoms with Gasteiger partial charge in [0, 0.05) is 6.42 Å². The number of nitrogens with one attached hydrogen (secondary N) is 1. The SMILES string of the molecule is C[C@@H]1C[C@H](N2C(=O)N[C@](C)(c3ccc(C#N)cc3)C2=O)C(=O)O1. The van der Waals surface area contributed by atoms with Crippen molar-refractivity contribution in [3.63, 3.8) is 0 Å². The molecule has 0 radical (unpaired) electrons. The Bertz CT molecular complexity index is 737. The van der Waals surface area contributed by atoms with E-state index in [9.17, 15) is 14.4 Å². The Morgan fingerprint density at radius 3 is 2.48 bits per heavy atom. The van der Waals surface area contributed by atoms with E-state index in [1.54, 1.807) is 38.1 Å². The van der Waals surface area contributed by atoms with Gasteiger partial charge < -0.3 is 10.1 Å². The number of urea groups is 1. The van der Waals surface area contributed by atoms with Gasteiger partial charge in [-0.3, -0.25) is 4.79 Å². The lowest BCUT2D eigenvalue weighted by molar-refractivity contribution is -0.147. The third-order valence-electron chi connectivity index (χ3n) is 4.27. The van der Waals surface area contributed by atoms with Crippen molar-refractivity contribution in [2.24, 2.45) is 0 Å². The Balaban J connectivity index is 1.93. The number of benzene rings is 1. The Kier molecular flexibility index (Phi) is 3.33. The number of ether oxygens (including phenoxy) is 1. The lowest BCUT2D eigenvalue weighted by Gasteiger charge is -2.23. The van der Waals surface area contributed by atoms with Gasteiger partial charge >= 0.3 is 12.0 Å². The molecule has 23 heavy (non-hydrogen) atoms. The predicted molar refractivity (Wildman–Crippen MR) is 77.8 cm³/mol. The maximum atomic E-state index is 12.8. The minimum atomic E-state index is -1.27. The first-order chi connectivity index (χ1) is 10.9. The van der Waals surface area contributed by atoms with Gasteiger partial charge in [-0.2, -0.15) is 5.26 Å². The van der Waals surface area contributed by atoms with Crippen LogP contribution >= 0.6 is 0 Å². The van der Waals surface area contributed by atoms with Crippen molar-refractivity contribution in [3.8, 4) is 6.07 Å². The maximum Gasteiger partial charge on any atom is 0.329 e. The van der Waals surface area contributed by atoms with E-state index < -0.39 is 29.5 Å². The van der Waals surface area contributed by atoms with Crippen molar-refractivity contribution in [1.29, 1.82) is 5.26 Å². The summed E-state index contributed by atoms with van der Waals surface area (Å²) in [6.45, 7) is 3.30. The lowest BCUT2D eigenvalue weighted by Crippen LogP contribution is -2.45. The van der Waals surface area contributed by atoms with Gasteiger partial charge in [0.05, 0.1) is 11.6 Å². The zero-order valence-corrected chi connectivity index (χ0v) is 12.7. The van der Waals surface area contributed by atoms with Gasteiger partial charge in [-0.15, -0.1) is 0 Å². The molecule has 2 fully saturated rings. The number of carbonyl (C=O) groups is 3. The molecule has 3 rings (SSSR count). The molecule has 1 N–H and O–H groups in total. The van der Waals surface area contributed by atoms with E-state index in [2.05, 4.69) is 5.32 Å². The molecule has 7 heteroatoms. The van der Waals surface area contributed by atoms with E-state index in [1.165, 1.54) is 0 Å². The van der Waals surface area contributed by atoms with Gasteiger partial charge in [-0.1, -0.05) is 12.1 Å². The van der Waals surface area contributed by atoms with Crippen LogP contribution in [-0.4, -0.2) is 35.0 Å². The highest BCUT2D eigenvalue weighted by Gasteiger charge is 2.54. The lowest BCUT2D eigenvalue weighted by atomic mass is 9.91. The summed E-state index contributed by atoms with van der Waals surface area (Å²) in [7, 11) is 0. The van der Waals surface area contributed by atoms with Crippen molar-refractivity contribution in [1.82, 2.24) is 10.2 Å². The molecule has 1 aromatic rings. The molecule has 3 amide bonds. The molecule has 3 atom stereocenters. The summed E-state index contributed by atoms with van der Waals surface area (Å²) in [5.41, 5.74) is -0.257. The highest BCUT2D eigenvalue weighted by molar-refractivity contribution is 6.09. The first kappa shape index (κ1) is 15.0. The number of hydrogen-bond donors (Lipinski definition) is 1. The van der Waals surface area contributed by atoms with Crippen molar-refractivity contribution in [2.45, 2.75) is 38.0 Å². The number of hydrogen-bond acceptors (Lipinski definition) is 5. The maximum absolute atomic E-state index is 12.8. The van der Waals surface area contributed by atoms with Crippen LogP contribution in [0.2, 0.25) is 0 Å². The molecule has 0 aliphatic carbocycles. The third-order valence-corrected chi connectivity index (χ3v) is 4.27. The Morgan fingerprint density at radius 2 is 1.96 bits per heavy atom. The fourth-order valence-electron chi connectivity index (χ4n) is 2.96. The molecule has 0 spiro atoms. The highest BCUT2D eigenvalue weighted by atomic mass is 16.6. The van der Waals surface area contributed by atoms with Crippen LogP contribution in [0.25, 0.3) is 0 Å². The number of esters is 1. The van der Waals surface area contributed by atoms with Crippen LogP contribution in [0.4, 0.5) is 4.79 Å². The van der Waals surface area contributed by atoms with Crippen LogP contribution in [0.3, 0.4) is 0 Å². The number of nitrogens with zero attached hydrogens (tertiary/aromatic N) is 2. The normalized spacial score (nSPS) is 30.1. The molecule has 0 saturated carbocycles. The van der Waals surface area contributed by atoms with E-state index >= 15 is 0 Å². The van der Waals surface area contributed by atoms with Gasteiger partial charge in [0.2, 0.25) is 0 Å². The largest absolute Gasteiger partial charge is 0.461 e. The fourth-order valence-corrected chi connectivity index (χ4v) is 2.96. The number of amides is 3. The minimum Gasteiger partial charge on any atom is -0.461 e. The highest BCUT2D eigenvalue weighted by Crippen LogP contribution is 2.33. The van der Waals surface area contributed by atoms with E-state index in [1.807, 2.05) is 6.07 Å². The average molecular weight is 313 g/mol. The van der Waals surface area contributed by atoms with Gasteiger partial charge in [0.1, 0.15) is 17.7 Å². The topological polar surface area (TPSA) is 99.5 Å². The van der Waals surface area contributed by atoms with Crippen LogP contribution in [0, 0.1) is 11.3 Å². The number of cyclic esters (lactones) is 1. The number of carbonyl (C=O) groups excluding carboxylic acids is 3. The first-order valence-electron chi connectivity index (χ1n) is 7.24.